The van der Waals surface area contributed by atoms with Gasteiger partial charge in [-0.15, -0.1) is 16.4 Å². The zero-order valence-corrected chi connectivity index (χ0v) is 17.8. The summed E-state index contributed by atoms with van der Waals surface area (Å²) in [5, 5.41) is 11.8. The van der Waals surface area contributed by atoms with Gasteiger partial charge in [0.05, 0.1) is 10.6 Å². The van der Waals surface area contributed by atoms with E-state index in [0.717, 1.165) is 41.0 Å². The van der Waals surface area contributed by atoms with Gasteiger partial charge in [-0.3, -0.25) is 4.79 Å². The summed E-state index contributed by atoms with van der Waals surface area (Å²) in [5.41, 5.74) is 1.94. The van der Waals surface area contributed by atoms with Crippen LogP contribution < -0.4 is 9.47 Å². The Morgan fingerprint density at radius 3 is 2.70 bits per heavy atom. The third-order valence-corrected chi connectivity index (χ3v) is 7.01. The average Bonchev–Trinajstić information content (AvgIpc) is 3.49. The van der Waals surface area contributed by atoms with Crippen LogP contribution in [-0.2, 0) is 4.79 Å². The lowest BCUT2D eigenvalue weighted by Crippen LogP contribution is -2.50. The number of amides is 1. The van der Waals surface area contributed by atoms with Crippen LogP contribution in [-0.4, -0.2) is 65.3 Å². The molecule has 4 heterocycles. The number of thioether (sulfide) groups is 1. The Kier molecular flexibility index (Phi) is 5.46. The maximum absolute atomic E-state index is 12.6. The van der Waals surface area contributed by atoms with Gasteiger partial charge in [0.25, 0.3) is 0 Å². The number of nitrogens with zero attached hydrogens (tertiary/aromatic N) is 4. The molecule has 0 radical (unpaired) electrons. The van der Waals surface area contributed by atoms with Crippen LogP contribution in [0.2, 0.25) is 0 Å². The predicted molar refractivity (Wildman–Crippen MR) is 121 cm³/mol. The lowest BCUT2D eigenvalue weighted by atomic mass is 10.2. The largest absolute Gasteiger partial charge is 0.454 e. The second-order valence-corrected chi connectivity index (χ2v) is 8.84. The molecule has 1 aromatic heterocycles. The number of rotatable bonds is 3. The Bertz CT molecular complexity index is 1020. The van der Waals surface area contributed by atoms with Crippen molar-refractivity contribution < 1.29 is 14.3 Å². The molecular formula is C21H20N4O3S2. The van der Waals surface area contributed by atoms with E-state index < -0.39 is 0 Å². The van der Waals surface area contributed by atoms with Crippen molar-refractivity contribution in [3.05, 3.63) is 52.2 Å². The van der Waals surface area contributed by atoms with E-state index in [1.807, 2.05) is 35.2 Å². The number of amidine groups is 1. The van der Waals surface area contributed by atoms with Gasteiger partial charge in [-0.05, 0) is 35.2 Å². The Morgan fingerprint density at radius 1 is 1.07 bits per heavy atom. The monoisotopic (exact) mass is 440 g/mol. The van der Waals surface area contributed by atoms with Crippen molar-refractivity contribution in [3.8, 4) is 11.5 Å². The standard InChI is InChI=1S/C21H20N4O3S2/c26-20(6-4-15-3-5-17-18(12-15)28-14-27-17)24-7-9-25(10-8-24)21-23-22-16(13-30-21)19-2-1-11-29-19/h1-6,11-12H,7-10,13-14H2. The fraction of sp³-hybridized carbons (Fsp3) is 0.286. The highest BCUT2D eigenvalue weighted by molar-refractivity contribution is 8.14. The van der Waals surface area contributed by atoms with Gasteiger partial charge in [-0.25, -0.2) is 0 Å². The molecular weight excluding hydrogens is 420 g/mol. The molecule has 2 aromatic rings. The molecule has 0 unspecified atom stereocenters. The van der Waals surface area contributed by atoms with Gasteiger partial charge in [0, 0.05) is 38.0 Å². The highest BCUT2D eigenvalue weighted by Gasteiger charge is 2.24. The Balaban J connectivity index is 1.16. The van der Waals surface area contributed by atoms with Gasteiger partial charge in [-0.2, -0.15) is 5.10 Å². The normalized spacial score (nSPS) is 18.5. The number of carbonyl (C=O) groups excluding carboxylic acids is 1. The molecule has 0 spiro atoms. The van der Waals surface area contributed by atoms with Crippen molar-refractivity contribution in [1.29, 1.82) is 0 Å². The van der Waals surface area contributed by atoms with Crippen LogP contribution in [0, 0.1) is 0 Å². The first-order chi connectivity index (χ1) is 14.8. The lowest BCUT2D eigenvalue weighted by molar-refractivity contribution is -0.127. The molecule has 0 aliphatic carbocycles. The Hall–Kier alpha value is -2.78. The first kappa shape index (κ1) is 19.2. The Labute approximate surface area is 182 Å². The highest BCUT2D eigenvalue weighted by atomic mass is 32.2. The Morgan fingerprint density at radius 2 is 1.93 bits per heavy atom. The topological polar surface area (TPSA) is 66.7 Å². The molecule has 0 atom stereocenters. The predicted octanol–water partition coefficient (Wildman–Crippen LogP) is 3.14. The first-order valence-corrected chi connectivity index (χ1v) is 11.6. The summed E-state index contributed by atoms with van der Waals surface area (Å²) in [5.74, 6) is 2.30. The summed E-state index contributed by atoms with van der Waals surface area (Å²) >= 11 is 3.40. The second-order valence-electron chi connectivity index (χ2n) is 6.95. The SMILES string of the molecule is O=C(C=Cc1ccc2c(c1)OCO2)N1CCN(C2=NN=C(c3cccs3)CS2)CC1. The lowest BCUT2D eigenvalue weighted by Gasteiger charge is -2.35. The van der Waals surface area contributed by atoms with Crippen LogP contribution in [0.4, 0.5) is 0 Å². The van der Waals surface area contributed by atoms with Crippen molar-refractivity contribution in [2.75, 3.05) is 38.7 Å². The summed E-state index contributed by atoms with van der Waals surface area (Å²) in [6.07, 6.45) is 3.44. The fourth-order valence-electron chi connectivity index (χ4n) is 3.42. The van der Waals surface area contributed by atoms with Crippen LogP contribution >= 0.6 is 23.1 Å². The van der Waals surface area contributed by atoms with E-state index in [4.69, 9.17) is 9.47 Å². The quantitative estimate of drug-likeness (QED) is 0.686. The third kappa shape index (κ3) is 4.08. The molecule has 5 rings (SSSR count). The minimum atomic E-state index is 0.0172. The molecule has 1 aromatic carbocycles. The number of ether oxygens (including phenoxy) is 2. The molecule has 3 aliphatic heterocycles. The van der Waals surface area contributed by atoms with Crippen LogP contribution in [0.5, 0.6) is 11.5 Å². The summed E-state index contributed by atoms with van der Waals surface area (Å²) in [7, 11) is 0. The summed E-state index contributed by atoms with van der Waals surface area (Å²) in [6, 6.07) is 9.77. The van der Waals surface area contributed by atoms with E-state index in [0.29, 0.717) is 18.8 Å². The third-order valence-electron chi connectivity index (χ3n) is 5.08. The molecule has 9 heteroatoms. The number of carbonyl (C=O) groups is 1. The van der Waals surface area contributed by atoms with Gasteiger partial charge in [0.15, 0.2) is 16.7 Å². The maximum Gasteiger partial charge on any atom is 0.246 e. The smallest absolute Gasteiger partial charge is 0.246 e. The molecule has 1 saturated heterocycles. The number of hydrogen-bond acceptors (Lipinski definition) is 8. The van der Waals surface area contributed by atoms with Crippen molar-refractivity contribution in [2.24, 2.45) is 10.2 Å². The molecule has 3 aliphatic rings. The summed E-state index contributed by atoms with van der Waals surface area (Å²) < 4.78 is 10.7. The van der Waals surface area contributed by atoms with E-state index in [9.17, 15) is 4.79 Å². The van der Waals surface area contributed by atoms with Crippen LogP contribution in [0.1, 0.15) is 10.4 Å². The van der Waals surface area contributed by atoms with Gasteiger partial charge in [0.2, 0.25) is 12.7 Å². The molecule has 30 heavy (non-hydrogen) atoms. The second kappa shape index (κ2) is 8.53. The minimum absolute atomic E-state index is 0.0172. The number of hydrogen-bond donors (Lipinski definition) is 0. The van der Waals surface area contributed by atoms with Crippen LogP contribution in [0.15, 0.2) is 52.0 Å². The molecule has 154 valence electrons. The number of thiophene rings is 1. The maximum atomic E-state index is 12.6. The van der Waals surface area contributed by atoms with Crippen molar-refractivity contribution >= 4 is 46.0 Å². The molecule has 1 amide bonds. The van der Waals surface area contributed by atoms with Crippen LogP contribution in [0.25, 0.3) is 6.08 Å². The minimum Gasteiger partial charge on any atom is -0.454 e. The number of fused-ring (bicyclic) bond motifs is 1. The van der Waals surface area contributed by atoms with E-state index in [-0.39, 0.29) is 12.7 Å². The summed E-state index contributed by atoms with van der Waals surface area (Å²) in [4.78, 5) is 17.8. The van der Waals surface area contributed by atoms with Crippen LogP contribution in [0.3, 0.4) is 0 Å². The van der Waals surface area contributed by atoms with Crippen molar-refractivity contribution in [1.82, 2.24) is 9.80 Å². The van der Waals surface area contributed by atoms with Gasteiger partial charge in [-0.1, -0.05) is 23.9 Å². The molecule has 7 nitrogen and oxygen atoms in total. The zero-order chi connectivity index (χ0) is 20.3. The molecule has 1 fully saturated rings. The highest BCUT2D eigenvalue weighted by Crippen LogP contribution is 2.32. The van der Waals surface area contributed by atoms with E-state index in [1.165, 1.54) is 4.88 Å². The van der Waals surface area contributed by atoms with Gasteiger partial charge >= 0.3 is 0 Å². The molecule has 0 bridgehead atoms. The molecule has 0 N–H and O–H groups in total. The number of benzene rings is 1. The fourth-order valence-corrected chi connectivity index (χ4v) is 5.16. The van der Waals surface area contributed by atoms with Crippen molar-refractivity contribution in [2.45, 2.75) is 0 Å². The average molecular weight is 441 g/mol. The van der Waals surface area contributed by atoms with Gasteiger partial charge in [0.1, 0.15) is 0 Å². The first-order valence-electron chi connectivity index (χ1n) is 9.69. The zero-order valence-electron chi connectivity index (χ0n) is 16.2. The van der Waals surface area contributed by atoms with Crippen molar-refractivity contribution in [3.63, 3.8) is 0 Å². The number of piperazine rings is 1. The summed E-state index contributed by atoms with van der Waals surface area (Å²) in [6.45, 7) is 3.12. The molecule has 0 saturated carbocycles. The van der Waals surface area contributed by atoms with Gasteiger partial charge < -0.3 is 19.3 Å². The van der Waals surface area contributed by atoms with E-state index >= 15 is 0 Å². The van der Waals surface area contributed by atoms with E-state index in [1.54, 1.807) is 29.2 Å². The van der Waals surface area contributed by atoms with E-state index in [2.05, 4.69) is 26.5 Å².